The first kappa shape index (κ1) is 18.4. The van der Waals surface area contributed by atoms with Crippen LogP contribution in [0.5, 0.6) is 0 Å². The molecule has 19 heavy (non-hydrogen) atoms. The monoisotopic (exact) mass is 271 g/mol. The summed E-state index contributed by atoms with van der Waals surface area (Å²) >= 11 is 0. The Morgan fingerprint density at radius 3 is 1.95 bits per heavy atom. The van der Waals surface area contributed by atoms with Crippen molar-refractivity contribution in [3.8, 4) is 0 Å². The zero-order valence-electron chi connectivity index (χ0n) is 13.0. The first-order valence-electron chi connectivity index (χ1n) is 8.18. The number of unbranched alkanes of at least 4 members (excludes halogenated alkanes) is 6. The molecule has 0 saturated carbocycles. The summed E-state index contributed by atoms with van der Waals surface area (Å²) in [6.45, 7) is 7.62. The highest BCUT2D eigenvalue weighted by molar-refractivity contribution is 5.60. The van der Waals surface area contributed by atoms with Gasteiger partial charge >= 0.3 is 0 Å². The van der Waals surface area contributed by atoms with Gasteiger partial charge in [-0.15, -0.1) is 0 Å². The molecule has 1 aliphatic heterocycles. The maximum absolute atomic E-state index is 8.89. The van der Waals surface area contributed by atoms with E-state index < -0.39 is 5.97 Å². The van der Waals surface area contributed by atoms with Crippen LogP contribution in [-0.2, 0) is 4.79 Å². The van der Waals surface area contributed by atoms with Crippen molar-refractivity contribution in [2.24, 2.45) is 0 Å². The zero-order chi connectivity index (χ0) is 14.3. The number of likely N-dealkylation sites (tertiary alicyclic amines) is 1. The molecule has 1 saturated heterocycles. The van der Waals surface area contributed by atoms with Crippen LogP contribution < -0.4 is 10.0 Å². The molecule has 3 nitrogen and oxygen atoms in total. The summed E-state index contributed by atoms with van der Waals surface area (Å²) in [7, 11) is 0. The first-order valence-corrected chi connectivity index (χ1v) is 8.18. The van der Waals surface area contributed by atoms with Gasteiger partial charge in [-0.1, -0.05) is 39.0 Å². The molecular formula is C16H33NO2. The average Bonchev–Trinajstić information content (AvgIpc) is 2.38. The third-order valence-corrected chi connectivity index (χ3v) is 3.69. The van der Waals surface area contributed by atoms with Crippen molar-refractivity contribution in [3.63, 3.8) is 0 Å². The van der Waals surface area contributed by atoms with Crippen LogP contribution in [0.25, 0.3) is 0 Å². The summed E-state index contributed by atoms with van der Waals surface area (Å²) in [4.78, 5) is 10.8. The third-order valence-electron chi connectivity index (χ3n) is 3.69. The fraction of sp³-hybridized carbons (Fsp3) is 0.938. The molecule has 3 heteroatoms. The van der Waals surface area contributed by atoms with Crippen LogP contribution in [0.2, 0.25) is 0 Å². The molecule has 0 unspecified atom stereocenters. The van der Waals surface area contributed by atoms with Crippen LogP contribution in [0.15, 0.2) is 0 Å². The highest BCUT2D eigenvalue weighted by Gasteiger charge is 2.11. The quantitative estimate of drug-likeness (QED) is 0.681. The van der Waals surface area contributed by atoms with Crippen molar-refractivity contribution in [2.45, 2.75) is 78.1 Å². The van der Waals surface area contributed by atoms with Gasteiger partial charge in [0.15, 0.2) is 0 Å². The Bertz CT molecular complexity index is 197. The van der Waals surface area contributed by atoms with Gasteiger partial charge in [0.2, 0.25) is 0 Å². The number of aliphatic carboxylic acids is 1. The van der Waals surface area contributed by atoms with Crippen molar-refractivity contribution in [2.75, 3.05) is 19.6 Å². The van der Waals surface area contributed by atoms with E-state index in [2.05, 4.69) is 6.92 Å². The predicted octanol–water partition coefficient (Wildman–Crippen LogP) is 1.56. The molecule has 0 aromatic carbocycles. The number of nitrogens with one attached hydrogen (secondary N) is 1. The Hall–Kier alpha value is -0.570. The molecule has 114 valence electrons. The minimum Gasteiger partial charge on any atom is -0.550 e. The Labute approximate surface area is 119 Å². The lowest BCUT2D eigenvalue weighted by molar-refractivity contribution is -0.905. The second kappa shape index (κ2) is 13.9. The molecule has 1 heterocycles. The lowest BCUT2D eigenvalue weighted by Crippen LogP contribution is -3.12. The zero-order valence-corrected chi connectivity index (χ0v) is 13.0. The smallest absolute Gasteiger partial charge is 0.0770 e. The molecule has 1 fully saturated rings. The van der Waals surface area contributed by atoms with E-state index in [1.807, 2.05) is 4.90 Å². The molecule has 0 aromatic rings. The van der Waals surface area contributed by atoms with E-state index >= 15 is 0 Å². The Balaban J connectivity index is 0.000000711. The fourth-order valence-electron chi connectivity index (χ4n) is 2.63. The van der Waals surface area contributed by atoms with E-state index in [4.69, 9.17) is 9.90 Å². The molecule has 1 rings (SSSR count). The maximum Gasteiger partial charge on any atom is 0.0770 e. The molecule has 0 aliphatic carbocycles. The lowest BCUT2D eigenvalue weighted by atomic mass is 10.1. The molecule has 0 atom stereocenters. The highest BCUT2D eigenvalue weighted by Crippen LogP contribution is 2.06. The second-order valence-electron chi connectivity index (χ2n) is 5.67. The second-order valence-corrected chi connectivity index (χ2v) is 5.67. The maximum atomic E-state index is 8.89. The van der Waals surface area contributed by atoms with E-state index in [-0.39, 0.29) is 0 Å². The van der Waals surface area contributed by atoms with Gasteiger partial charge in [0.25, 0.3) is 0 Å². The molecule has 1 aliphatic rings. The van der Waals surface area contributed by atoms with Crippen molar-refractivity contribution in [1.29, 1.82) is 0 Å². The average molecular weight is 271 g/mol. The van der Waals surface area contributed by atoms with Gasteiger partial charge < -0.3 is 14.8 Å². The molecule has 0 bridgehead atoms. The fourth-order valence-corrected chi connectivity index (χ4v) is 2.63. The van der Waals surface area contributed by atoms with Crippen molar-refractivity contribution >= 4 is 5.97 Å². The Morgan fingerprint density at radius 2 is 1.42 bits per heavy atom. The van der Waals surface area contributed by atoms with E-state index in [0.29, 0.717) is 0 Å². The van der Waals surface area contributed by atoms with Gasteiger partial charge in [-0.2, -0.15) is 0 Å². The summed E-state index contributed by atoms with van der Waals surface area (Å²) < 4.78 is 0. The van der Waals surface area contributed by atoms with Crippen molar-refractivity contribution in [3.05, 3.63) is 0 Å². The van der Waals surface area contributed by atoms with Crippen LogP contribution in [0.4, 0.5) is 0 Å². The van der Waals surface area contributed by atoms with Gasteiger partial charge in [0.1, 0.15) is 0 Å². The number of hydrogen-bond acceptors (Lipinski definition) is 2. The topological polar surface area (TPSA) is 44.6 Å². The van der Waals surface area contributed by atoms with Crippen LogP contribution in [0.3, 0.4) is 0 Å². The van der Waals surface area contributed by atoms with Gasteiger partial charge in [0, 0.05) is 5.97 Å². The summed E-state index contributed by atoms with van der Waals surface area (Å²) in [6, 6.07) is 0. The van der Waals surface area contributed by atoms with Crippen LogP contribution >= 0.6 is 0 Å². The van der Waals surface area contributed by atoms with Crippen LogP contribution in [0, 0.1) is 0 Å². The van der Waals surface area contributed by atoms with Gasteiger partial charge in [-0.25, -0.2) is 0 Å². The van der Waals surface area contributed by atoms with Crippen molar-refractivity contribution in [1.82, 2.24) is 0 Å². The van der Waals surface area contributed by atoms with E-state index in [9.17, 15) is 0 Å². The number of carboxylic acids is 1. The molecule has 0 spiro atoms. The number of rotatable bonds is 8. The lowest BCUT2D eigenvalue weighted by Gasteiger charge is -2.23. The summed E-state index contributed by atoms with van der Waals surface area (Å²) in [6.07, 6.45) is 14.6. The minimum absolute atomic E-state index is 0.972. The predicted molar refractivity (Wildman–Crippen MR) is 78.1 cm³/mol. The number of carbonyl (C=O) groups is 1. The van der Waals surface area contributed by atoms with Gasteiger partial charge in [-0.05, 0) is 39.0 Å². The van der Waals surface area contributed by atoms with E-state index in [0.717, 1.165) is 6.92 Å². The number of carboxylic acid groups (broad SMARTS) is 1. The Morgan fingerprint density at radius 1 is 0.947 bits per heavy atom. The molecular weight excluding hydrogens is 238 g/mol. The first-order chi connectivity index (χ1) is 9.16. The van der Waals surface area contributed by atoms with E-state index in [1.165, 1.54) is 83.8 Å². The normalized spacial score (nSPS) is 15.7. The minimum atomic E-state index is -1.08. The van der Waals surface area contributed by atoms with Crippen molar-refractivity contribution < 1.29 is 14.8 Å². The number of quaternary nitrogens is 1. The number of hydrogen-bond donors (Lipinski definition) is 1. The number of carbonyl (C=O) groups excluding carboxylic acids is 1. The van der Waals surface area contributed by atoms with Gasteiger partial charge in [0.05, 0.1) is 19.6 Å². The largest absolute Gasteiger partial charge is 0.550 e. The standard InChI is InChI=1S/C14H29N.C2H4O2/c1-2-3-4-5-6-7-9-12-15-13-10-8-11-14-15;1-2(3)4/h2-14H2,1H3;1H3,(H,3,4). The summed E-state index contributed by atoms with van der Waals surface area (Å²) in [5.74, 6) is -1.08. The van der Waals surface area contributed by atoms with Crippen LogP contribution in [-0.4, -0.2) is 25.6 Å². The molecule has 0 aromatic heterocycles. The highest BCUT2D eigenvalue weighted by atomic mass is 16.4. The molecule has 0 radical (unpaired) electrons. The summed E-state index contributed by atoms with van der Waals surface area (Å²) in [5.41, 5.74) is 0. The Kier molecular flexibility index (Phi) is 13.4. The summed E-state index contributed by atoms with van der Waals surface area (Å²) in [5, 5.41) is 8.89. The third kappa shape index (κ3) is 15.4. The SMILES string of the molecule is CC(=O)[O-].CCCCCCCCC[NH+]1CCCCC1. The number of piperidine rings is 1. The molecule has 1 N–H and O–H groups in total. The van der Waals surface area contributed by atoms with Crippen LogP contribution in [0.1, 0.15) is 78.1 Å². The van der Waals surface area contributed by atoms with E-state index in [1.54, 1.807) is 0 Å². The molecule has 0 amide bonds. The van der Waals surface area contributed by atoms with Gasteiger partial charge in [-0.3, -0.25) is 0 Å².